The SMILES string of the molecule is CN=C(NCc1ccc(C)cc1OCC1CCOC1)NCC1(c2cccc(F)c2)CC1. The van der Waals surface area contributed by atoms with Crippen LogP contribution < -0.4 is 15.4 Å². The predicted octanol–water partition coefficient (Wildman–Crippen LogP) is 3.95. The first-order valence-electron chi connectivity index (χ1n) is 11.1. The third kappa shape index (κ3) is 5.56. The summed E-state index contributed by atoms with van der Waals surface area (Å²) in [6.45, 7) is 5.71. The van der Waals surface area contributed by atoms with Crippen molar-refractivity contribution in [1.29, 1.82) is 0 Å². The minimum atomic E-state index is -0.178. The van der Waals surface area contributed by atoms with Gasteiger partial charge in [0, 0.05) is 43.6 Å². The van der Waals surface area contributed by atoms with Crippen LogP contribution in [0.25, 0.3) is 0 Å². The highest BCUT2D eigenvalue weighted by Crippen LogP contribution is 2.47. The van der Waals surface area contributed by atoms with Crippen molar-refractivity contribution in [3.8, 4) is 5.75 Å². The monoisotopic (exact) mass is 425 g/mol. The van der Waals surface area contributed by atoms with E-state index in [1.54, 1.807) is 19.2 Å². The largest absolute Gasteiger partial charge is 0.493 e. The summed E-state index contributed by atoms with van der Waals surface area (Å²) in [7, 11) is 1.77. The lowest BCUT2D eigenvalue weighted by molar-refractivity contribution is 0.166. The second-order valence-electron chi connectivity index (χ2n) is 8.72. The molecule has 0 radical (unpaired) electrons. The Morgan fingerprint density at radius 1 is 1.23 bits per heavy atom. The van der Waals surface area contributed by atoms with E-state index in [2.05, 4.69) is 40.7 Å². The molecule has 5 nitrogen and oxygen atoms in total. The number of rotatable bonds is 8. The fraction of sp³-hybridized carbons (Fsp3) is 0.480. The Bertz CT molecular complexity index is 921. The van der Waals surface area contributed by atoms with Gasteiger partial charge < -0.3 is 20.1 Å². The van der Waals surface area contributed by atoms with Crippen molar-refractivity contribution >= 4 is 5.96 Å². The van der Waals surface area contributed by atoms with Gasteiger partial charge in [0.1, 0.15) is 11.6 Å². The maximum absolute atomic E-state index is 13.7. The molecule has 1 saturated heterocycles. The molecule has 2 N–H and O–H groups in total. The molecule has 1 unspecified atom stereocenters. The number of halogens is 1. The van der Waals surface area contributed by atoms with E-state index < -0.39 is 0 Å². The van der Waals surface area contributed by atoms with Crippen molar-refractivity contribution in [1.82, 2.24) is 10.6 Å². The third-order valence-corrected chi connectivity index (χ3v) is 6.28. The van der Waals surface area contributed by atoms with Crippen LogP contribution in [0.3, 0.4) is 0 Å². The first-order valence-corrected chi connectivity index (χ1v) is 11.1. The topological polar surface area (TPSA) is 54.9 Å². The minimum absolute atomic E-state index is 0.00119. The molecule has 1 atom stereocenters. The molecule has 2 fully saturated rings. The van der Waals surface area contributed by atoms with E-state index in [9.17, 15) is 4.39 Å². The first kappa shape index (κ1) is 21.6. The van der Waals surface area contributed by atoms with Gasteiger partial charge in [-0.2, -0.15) is 0 Å². The number of hydrogen-bond acceptors (Lipinski definition) is 3. The van der Waals surface area contributed by atoms with Crippen LogP contribution in [0.2, 0.25) is 0 Å². The molecule has 6 heteroatoms. The van der Waals surface area contributed by atoms with Gasteiger partial charge in [0.2, 0.25) is 0 Å². The summed E-state index contributed by atoms with van der Waals surface area (Å²) in [5.41, 5.74) is 3.33. The fourth-order valence-corrected chi connectivity index (χ4v) is 4.05. The highest BCUT2D eigenvalue weighted by atomic mass is 19.1. The molecule has 0 amide bonds. The van der Waals surface area contributed by atoms with E-state index in [-0.39, 0.29) is 11.2 Å². The Labute approximate surface area is 184 Å². The molecule has 166 valence electrons. The molecule has 1 heterocycles. The molecule has 2 aromatic rings. The van der Waals surface area contributed by atoms with E-state index >= 15 is 0 Å². The highest BCUT2D eigenvalue weighted by molar-refractivity contribution is 5.80. The molecule has 4 rings (SSSR count). The number of ether oxygens (including phenoxy) is 2. The lowest BCUT2D eigenvalue weighted by Gasteiger charge is -2.20. The van der Waals surface area contributed by atoms with Crippen molar-refractivity contribution in [3.05, 3.63) is 65.0 Å². The Kier molecular flexibility index (Phi) is 6.76. The van der Waals surface area contributed by atoms with Crippen molar-refractivity contribution in [2.24, 2.45) is 10.9 Å². The summed E-state index contributed by atoms with van der Waals surface area (Å²) in [4.78, 5) is 4.36. The summed E-state index contributed by atoms with van der Waals surface area (Å²) in [5, 5.41) is 6.82. The Hall–Kier alpha value is -2.60. The normalized spacial score (nSPS) is 19.8. The van der Waals surface area contributed by atoms with Gasteiger partial charge >= 0.3 is 0 Å². The van der Waals surface area contributed by atoms with Crippen LogP contribution in [-0.4, -0.2) is 39.4 Å². The van der Waals surface area contributed by atoms with Crippen LogP contribution in [-0.2, 0) is 16.7 Å². The predicted molar refractivity (Wildman–Crippen MR) is 121 cm³/mol. The van der Waals surface area contributed by atoms with Crippen LogP contribution in [0, 0.1) is 18.7 Å². The van der Waals surface area contributed by atoms with Crippen LogP contribution in [0.4, 0.5) is 4.39 Å². The van der Waals surface area contributed by atoms with Crippen LogP contribution in [0.5, 0.6) is 5.75 Å². The van der Waals surface area contributed by atoms with Gasteiger partial charge in [-0.25, -0.2) is 4.39 Å². The number of aryl methyl sites for hydroxylation is 1. The highest BCUT2D eigenvalue weighted by Gasteiger charge is 2.44. The minimum Gasteiger partial charge on any atom is -0.493 e. The van der Waals surface area contributed by atoms with Crippen LogP contribution in [0.1, 0.15) is 36.0 Å². The summed E-state index contributed by atoms with van der Waals surface area (Å²) >= 11 is 0. The third-order valence-electron chi connectivity index (χ3n) is 6.28. The molecule has 0 aromatic heterocycles. The zero-order valence-electron chi connectivity index (χ0n) is 18.4. The summed E-state index contributed by atoms with van der Waals surface area (Å²) in [5.74, 6) is 1.93. The maximum atomic E-state index is 13.7. The Morgan fingerprint density at radius 3 is 2.81 bits per heavy atom. The van der Waals surface area contributed by atoms with Crippen LogP contribution in [0.15, 0.2) is 47.5 Å². The molecule has 1 aliphatic carbocycles. The summed E-state index contributed by atoms with van der Waals surface area (Å²) < 4.78 is 25.3. The van der Waals surface area contributed by atoms with E-state index in [0.29, 0.717) is 19.1 Å². The van der Waals surface area contributed by atoms with Crippen molar-refractivity contribution in [2.75, 3.05) is 33.4 Å². The van der Waals surface area contributed by atoms with E-state index in [0.717, 1.165) is 61.9 Å². The van der Waals surface area contributed by atoms with Crippen molar-refractivity contribution in [3.63, 3.8) is 0 Å². The molecule has 2 aliphatic rings. The van der Waals surface area contributed by atoms with E-state index in [1.807, 2.05) is 6.07 Å². The fourth-order valence-electron chi connectivity index (χ4n) is 4.05. The molecule has 2 aromatic carbocycles. The van der Waals surface area contributed by atoms with Gasteiger partial charge in [0.25, 0.3) is 0 Å². The smallest absolute Gasteiger partial charge is 0.191 e. The lowest BCUT2D eigenvalue weighted by atomic mass is 9.96. The van der Waals surface area contributed by atoms with Crippen molar-refractivity contribution in [2.45, 2.75) is 38.1 Å². The number of aliphatic imine (C=N–C) groups is 1. The van der Waals surface area contributed by atoms with Gasteiger partial charge in [0.05, 0.1) is 13.2 Å². The van der Waals surface area contributed by atoms with Gasteiger partial charge in [0.15, 0.2) is 5.96 Å². The molecular weight excluding hydrogens is 393 g/mol. The number of benzene rings is 2. The average molecular weight is 426 g/mol. The number of nitrogens with one attached hydrogen (secondary N) is 2. The van der Waals surface area contributed by atoms with Gasteiger partial charge in [-0.1, -0.05) is 24.3 Å². The van der Waals surface area contributed by atoms with Gasteiger partial charge in [-0.15, -0.1) is 0 Å². The van der Waals surface area contributed by atoms with Crippen LogP contribution >= 0.6 is 0 Å². The standard InChI is InChI=1S/C25H32FN3O2/c1-18-6-7-20(23(12-18)31-16-19-8-11-30-15-19)14-28-24(27-2)29-17-25(9-10-25)21-4-3-5-22(26)13-21/h3-7,12-13,19H,8-11,14-17H2,1-2H3,(H2,27,28,29). The van der Waals surface area contributed by atoms with Crippen molar-refractivity contribution < 1.29 is 13.9 Å². The zero-order valence-corrected chi connectivity index (χ0v) is 18.4. The quantitative estimate of drug-likeness (QED) is 0.497. The number of hydrogen-bond donors (Lipinski definition) is 2. The summed E-state index contributed by atoms with van der Waals surface area (Å²) in [6, 6.07) is 13.2. The molecule has 1 aliphatic heterocycles. The number of guanidine groups is 1. The average Bonchev–Trinajstić information content (AvgIpc) is 3.38. The first-order chi connectivity index (χ1) is 15.1. The molecule has 31 heavy (non-hydrogen) atoms. The number of nitrogens with zero attached hydrogens (tertiary/aromatic N) is 1. The molecule has 1 saturated carbocycles. The zero-order chi connectivity index (χ0) is 21.7. The lowest BCUT2D eigenvalue weighted by Crippen LogP contribution is -2.41. The molecule has 0 bridgehead atoms. The molecule has 0 spiro atoms. The second-order valence-corrected chi connectivity index (χ2v) is 8.72. The summed E-state index contributed by atoms with van der Waals surface area (Å²) in [6.07, 6.45) is 3.17. The Balaban J connectivity index is 1.33. The van der Waals surface area contributed by atoms with Gasteiger partial charge in [-0.3, -0.25) is 4.99 Å². The van der Waals surface area contributed by atoms with E-state index in [1.165, 1.54) is 11.6 Å². The molecular formula is C25H32FN3O2. The maximum Gasteiger partial charge on any atom is 0.191 e. The Morgan fingerprint density at radius 2 is 2.10 bits per heavy atom. The van der Waals surface area contributed by atoms with Gasteiger partial charge in [-0.05, 0) is 55.5 Å². The second kappa shape index (κ2) is 9.69. The van der Waals surface area contributed by atoms with E-state index in [4.69, 9.17) is 9.47 Å².